The van der Waals surface area contributed by atoms with E-state index in [0.29, 0.717) is 6.42 Å². The summed E-state index contributed by atoms with van der Waals surface area (Å²) in [6.07, 6.45) is 5.72. The zero-order chi connectivity index (χ0) is 15.9. The lowest BCUT2D eigenvalue weighted by molar-refractivity contribution is -0.122. The molecule has 3 N–H and O–H groups in total. The largest absolute Gasteiger partial charge is 0.356 e. The van der Waals surface area contributed by atoms with Crippen LogP contribution in [0.3, 0.4) is 0 Å². The van der Waals surface area contributed by atoms with Gasteiger partial charge in [0.15, 0.2) is 0 Å². The molecule has 0 spiro atoms. The first-order valence-corrected chi connectivity index (χ1v) is 8.19. The van der Waals surface area contributed by atoms with E-state index in [1.165, 1.54) is 0 Å². The van der Waals surface area contributed by atoms with Crippen molar-refractivity contribution >= 4 is 36.5 Å². The van der Waals surface area contributed by atoms with Crippen molar-refractivity contribution in [1.29, 1.82) is 0 Å². The van der Waals surface area contributed by atoms with Crippen molar-refractivity contribution in [3.8, 4) is 0 Å². The monoisotopic (exact) mass is 377 g/mol. The smallest absolute Gasteiger partial charge is 0.220 e. The Morgan fingerprint density at radius 1 is 1.38 bits per heavy atom. The van der Waals surface area contributed by atoms with E-state index in [-0.39, 0.29) is 42.8 Å². The molecule has 0 aliphatic carbocycles. The normalized spacial score (nSPS) is 15.9. The third-order valence-corrected chi connectivity index (χ3v) is 4.08. The van der Waals surface area contributed by atoms with Crippen molar-refractivity contribution in [3.63, 3.8) is 0 Å². The van der Waals surface area contributed by atoms with Crippen LogP contribution < -0.4 is 16.0 Å². The average molecular weight is 378 g/mol. The van der Waals surface area contributed by atoms with E-state index in [0.717, 1.165) is 50.3 Å². The van der Waals surface area contributed by atoms with Gasteiger partial charge in [-0.3, -0.25) is 4.79 Å². The lowest BCUT2D eigenvalue weighted by Gasteiger charge is -2.33. The highest BCUT2D eigenvalue weighted by Crippen LogP contribution is 2.18. The number of halogens is 2. The van der Waals surface area contributed by atoms with Crippen molar-refractivity contribution < 1.29 is 4.79 Å². The van der Waals surface area contributed by atoms with Gasteiger partial charge in [0.25, 0.3) is 0 Å². The fraction of sp³-hybridized carbons (Fsp3) is 0.688. The molecule has 6 nitrogen and oxygen atoms in total. The second-order valence-electron chi connectivity index (χ2n) is 6.07. The fourth-order valence-electron chi connectivity index (χ4n) is 2.66. The van der Waals surface area contributed by atoms with E-state index in [1.54, 1.807) is 6.33 Å². The molecule has 2 heterocycles. The molecule has 1 unspecified atom stereocenters. The van der Waals surface area contributed by atoms with E-state index in [1.807, 2.05) is 6.92 Å². The maximum Gasteiger partial charge on any atom is 0.220 e. The van der Waals surface area contributed by atoms with Gasteiger partial charge in [0.1, 0.15) is 12.1 Å². The van der Waals surface area contributed by atoms with Crippen molar-refractivity contribution in [2.24, 2.45) is 5.73 Å². The van der Waals surface area contributed by atoms with Crippen molar-refractivity contribution in [3.05, 3.63) is 18.1 Å². The summed E-state index contributed by atoms with van der Waals surface area (Å²) in [5.41, 5.74) is 6.75. The van der Waals surface area contributed by atoms with Gasteiger partial charge in [-0.15, -0.1) is 24.8 Å². The third-order valence-electron chi connectivity index (χ3n) is 4.08. The maximum atomic E-state index is 11.8. The molecule has 1 aliphatic heterocycles. The Morgan fingerprint density at radius 3 is 2.62 bits per heavy atom. The maximum absolute atomic E-state index is 11.8. The number of aromatic nitrogens is 2. The summed E-state index contributed by atoms with van der Waals surface area (Å²) in [4.78, 5) is 22.7. The second kappa shape index (κ2) is 11.4. The molecule has 0 radical (unpaired) electrons. The number of hydrogen-bond donors (Lipinski definition) is 2. The van der Waals surface area contributed by atoms with Gasteiger partial charge in [0.2, 0.25) is 5.91 Å². The van der Waals surface area contributed by atoms with Crippen LogP contribution in [0.1, 0.15) is 45.2 Å². The molecule has 1 amide bonds. The van der Waals surface area contributed by atoms with Gasteiger partial charge < -0.3 is 16.0 Å². The lowest BCUT2D eigenvalue weighted by Crippen LogP contribution is -2.45. The number of hydrogen-bond acceptors (Lipinski definition) is 5. The molecular weight excluding hydrogens is 349 g/mol. The highest BCUT2D eigenvalue weighted by atomic mass is 35.5. The number of amides is 1. The van der Waals surface area contributed by atoms with E-state index in [2.05, 4.69) is 33.2 Å². The number of nitrogens with zero attached hydrogens (tertiary/aromatic N) is 3. The lowest BCUT2D eigenvalue weighted by atomic mass is 10.0. The fourth-order valence-corrected chi connectivity index (χ4v) is 2.66. The Morgan fingerprint density at radius 2 is 2.04 bits per heavy atom. The van der Waals surface area contributed by atoms with E-state index in [9.17, 15) is 4.79 Å². The highest BCUT2D eigenvalue weighted by molar-refractivity contribution is 5.85. The number of rotatable bonds is 6. The summed E-state index contributed by atoms with van der Waals surface area (Å²) in [5, 5.41) is 3.11. The predicted molar refractivity (Wildman–Crippen MR) is 102 cm³/mol. The molecule has 0 saturated carbocycles. The average Bonchev–Trinajstić information content (AvgIpc) is 2.54. The summed E-state index contributed by atoms with van der Waals surface area (Å²) >= 11 is 0. The Labute approximate surface area is 156 Å². The van der Waals surface area contributed by atoms with Gasteiger partial charge >= 0.3 is 0 Å². The van der Waals surface area contributed by atoms with Crippen molar-refractivity contribution in [2.75, 3.05) is 18.0 Å². The van der Waals surface area contributed by atoms with Crippen LogP contribution in [0.5, 0.6) is 0 Å². The van der Waals surface area contributed by atoms with Crippen LogP contribution in [0.4, 0.5) is 5.82 Å². The molecule has 24 heavy (non-hydrogen) atoms. The van der Waals surface area contributed by atoms with Crippen molar-refractivity contribution in [2.45, 2.75) is 58.0 Å². The van der Waals surface area contributed by atoms with Crippen LogP contribution >= 0.6 is 24.8 Å². The molecule has 1 aromatic rings. The van der Waals surface area contributed by atoms with Crippen LogP contribution in [-0.4, -0.2) is 41.0 Å². The Kier molecular flexibility index (Phi) is 10.9. The summed E-state index contributed by atoms with van der Waals surface area (Å²) in [5.74, 6) is 1.11. The Hall–Kier alpha value is -1.11. The summed E-state index contributed by atoms with van der Waals surface area (Å²) in [6, 6.07) is 2.41. The first kappa shape index (κ1) is 22.9. The van der Waals surface area contributed by atoms with Gasteiger partial charge in [-0.05, 0) is 32.6 Å². The highest BCUT2D eigenvalue weighted by Gasteiger charge is 2.21. The summed E-state index contributed by atoms with van der Waals surface area (Å²) in [7, 11) is 0. The molecule has 1 fully saturated rings. The summed E-state index contributed by atoms with van der Waals surface area (Å²) < 4.78 is 0. The minimum absolute atomic E-state index is 0. The first-order valence-electron chi connectivity index (χ1n) is 8.19. The SMILES string of the molecule is CCc1cc(N2CCC(NC(=O)CCC(C)N)CC2)ncn1.Cl.Cl. The standard InChI is InChI=1S/C16H27N5O.2ClH/c1-3-13-10-15(19-11-18-13)21-8-6-14(7-9-21)20-16(22)5-4-12(2)17;;/h10-12,14H,3-9,17H2,1-2H3,(H,20,22);2*1H. The molecular formula is C16H29Cl2N5O. The van der Waals surface area contributed by atoms with Gasteiger partial charge in [0, 0.05) is 43.4 Å². The molecule has 138 valence electrons. The molecule has 0 bridgehead atoms. The van der Waals surface area contributed by atoms with Crippen LogP contribution in [0.15, 0.2) is 12.4 Å². The number of anilines is 1. The molecule has 1 aromatic heterocycles. The van der Waals surface area contributed by atoms with Crippen molar-refractivity contribution in [1.82, 2.24) is 15.3 Å². The zero-order valence-corrected chi connectivity index (χ0v) is 16.0. The first-order chi connectivity index (χ1) is 10.6. The Bertz CT molecular complexity index is 493. The number of carbonyl (C=O) groups excluding carboxylic acids is 1. The van der Waals surface area contributed by atoms with Gasteiger partial charge in [-0.2, -0.15) is 0 Å². The molecule has 1 atom stereocenters. The molecule has 1 saturated heterocycles. The molecule has 8 heteroatoms. The number of nitrogens with one attached hydrogen (secondary N) is 1. The van der Waals surface area contributed by atoms with Crippen LogP contribution in [0, 0.1) is 0 Å². The Balaban J connectivity index is 0.00000264. The summed E-state index contributed by atoms with van der Waals surface area (Å²) in [6.45, 7) is 5.85. The molecule has 2 rings (SSSR count). The number of nitrogens with two attached hydrogens (primary N) is 1. The van der Waals surface area contributed by atoms with Crippen LogP contribution in [0.25, 0.3) is 0 Å². The van der Waals surface area contributed by atoms with E-state index >= 15 is 0 Å². The second-order valence-corrected chi connectivity index (χ2v) is 6.07. The van der Waals surface area contributed by atoms with Crippen LogP contribution in [-0.2, 0) is 11.2 Å². The quantitative estimate of drug-likeness (QED) is 0.792. The van der Waals surface area contributed by atoms with Gasteiger partial charge in [-0.25, -0.2) is 9.97 Å². The predicted octanol–water partition coefficient (Wildman–Crippen LogP) is 2.10. The van der Waals surface area contributed by atoms with Crippen LogP contribution in [0.2, 0.25) is 0 Å². The number of aryl methyl sites for hydroxylation is 1. The number of carbonyl (C=O) groups is 1. The van der Waals surface area contributed by atoms with E-state index < -0.39 is 0 Å². The third kappa shape index (κ3) is 7.20. The molecule has 0 aromatic carbocycles. The minimum Gasteiger partial charge on any atom is -0.356 e. The van der Waals surface area contributed by atoms with Gasteiger partial charge in [0.05, 0.1) is 0 Å². The minimum atomic E-state index is 0. The topological polar surface area (TPSA) is 84.1 Å². The van der Waals surface area contributed by atoms with Gasteiger partial charge in [-0.1, -0.05) is 6.92 Å². The zero-order valence-electron chi connectivity index (χ0n) is 14.4. The van der Waals surface area contributed by atoms with E-state index in [4.69, 9.17) is 5.73 Å². The molecule has 1 aliphatic rings. The number of piperidine rings is 1.